The van der Waals surface area contributed by atoms with Crippen molar-refractivity contribution in [2.75, 3.05) is 19.5 Å². The summed E-state index contributed by atoms with van der Waals surface area (Å²) in [7, 11) is 3.19. The topological polar surface area (TPSA) is 47.0 Å². The van der Waals surface area contributed by atoms with E-state index in [1.54, 1.807) is 31.3 Å². The third kappa shape index (κ3) is 2.33. The Hall–Kier alpha value is -2.17. The van der Waals surface area contributed by atoms with E-state index in [1.807, 2.05) is 0 Å². The molecule has 0 spiro atoms. The summed E-state index contributed by atoms with van der Waals surface area (Å²) < 4.78 is 18.3. The van der Waals surface area contributed by atoms with Crippen LogP contribution in [-0.4, -0.2) is 24.4 Å². The maximum Gasteiger partial charge on any atom is 0.165 e. The summed E-state index contributed by atoms with van der Waals surface area (Å²) >= 11 is 0. The second kappa shape index (κ2) is 4.78. The summed E-state index contributed by atoms with van der Waals surface area (Å²) in [5, 5.41) is 10.8. The van der Waals surface area contributed by atoms with Gasteiger partial charge >= 0.3 is 0 Å². The fraction of sp³-hybridized carbons (Fsp3) is 0.167. The fourth-order valence-electron chi connectivity index (χ4n) is 1.45. The minimum Gasteiger partial charge on any atom is -0.494 e. The molecule has 0 saturated heterocycles. The van der Waals surface area contributed by atoms with Gasteiger partial charge in [0.25, 0.3) is 0 Å². The molecule has 1 aromatic heterocycles. The molecule has 17 heavy (non-hydrogen) atoms. The Morgan fingerprint density at radius 1 is 1.18 bits per heavy atom. The van der Waals surface area contributed by atoms with Crippen LogP contribution in [0.2, 0.25) is 0 Å². The predicted molar refractivity (Wildman–Crippen MR) is 63.5 cm³/mol. The molecule has 0 amide bonds. The molecule has 0 aliphatic rings. The first-order valence-corrected chi connectivity index (χ1v) is 5.10. The van der Waals surface area contributed by atoms with E-state index in [0.29, 0.717) is 17.1 Å². The van der Waals surface area contributed by atoms with Crippen molar-refractivity contribution in [1.29, 1.82) is 0 Å². The van der Waals surface area contributed by atoms with E-state index < -0.39 is 5.82 Å². The molecule has 1 heterocycles. The molecular formula is C12H12FN3O. The van der Waals surface area contributed by atoms with Crippen LogP contribution in [0.5, 0.6) is 5.75 Å². The van der Waals surface area contributed by atoms with Crippen LogP contribution in [0.15, 0.2) is 30.3 Å². The summed E-state index contributed by atoms with van der Waals surface area (Å²) in [6.07, 6.45) is 0. The normalized spacial score (nSPS) is 10.1. The van der Waals surface area contributed by atoms with Crippen LogP contribution in [0.1, 0.15) is 0 Å². The number of ether oxygens (including phenoxy) is 1. The molecule has 0 aliphatic heterocycles. The largest absolute Gasteiger partial charge is 0.494 e. The molecule has 0 bridgehead atoms. The van der Waals surface area contributed by atoms with Crippen molar-refractivity contribution in [2.24, 2.45) is 0 Å². The monoisotopic (exact) mass is 233 g/mol. The van der Waals surface area contributed by atoms with Gasteiger partial charge < -0.3 is 10.1 Å². The van der Waals surface area contributed by atoms with Crippen LogP contribution < -0.4 is 10.1 Å². The second-order valence-corrected chi connectivity index (χ2v) is 3.40. The quantitative estimate of drug-likeness (QED) is 0.883. The number of hydrogen-bond acceptors (Lipinski definition) is 4. The smallest absolute Gasteiger partial charge is 0.165 e. The van der Waals surface area contributed by atoms with Crippen LogP contribution >= 0.6 is 0 Å². The van der Waals surface area contributed by atoms with Gasteiger partial charge in [-0.25, -0.2) is 4.39 Å². The van der Waals surface area contributed by atoms with Crippen molar-refractivity contribution >= 4 is 5.82 Å². The highest BCUT2D eigenvalue weighted by Gasteiger charge is 2.06. The van der Waals surface area contributed by atoms with E-state index >= 15 is 0 Å². The molecule has 0 fully saturated rings. The number of halogens is 1. The van der Waals surface area contributed by atoms with Gasteiger partial charge in [0.05, 0.1) is 12.8 Å². The molecular weight excluding hydrogens is 221 g/mol. The van der Waals surface area contributed by atoms with Gasteiger partial charge in [-0.2, -0.15) is 0 Å². The lowest BCUT2D eigenvalue weighted by Crippen LogP contribution is -1.95. The molecule has 4 nitrogen and oxygen atoms in total. The number of aromatic nitrogens is 2. The maximum atomic E-state index is 13.5. The first-order chi connectivity index (χ1) is 8.24. The van der Waals surface area contributed by atoms with Crippen molar-refractivity contribution in [3.05, 3.63) is 36.1 Å². The van der Waals surface area contributed by atoms with Crippen LogP contribution in [-0.2, 0) is 0 Å². The van der Waals surface area contributed by atoms with Gasteiger partial charge in [-0.3, -0.25) is 0 Å². The molecule has 2 aromatic rings. The Bertz CT molecular complexity index is 514. The second-order valence-electron chi connectivity index (χ2n) is 3.40. The molecule has 0 aliphatic carbocycles. The van der Waals surface area contributed by atoms with E-state index in [4.69, 9.17) is 4.74 Å². The molecule has 5 heteroatoms. The number of anilines is 1. The Morgan fingerprint density at radius 3 is 2.53 bits per heavy atom. The number of nitrogens with zero attached hydrogens (tertiary/aromatic N) is 2. The standard InChI is InChI=1S/C12H12FN3O/c1-14-12-6-4-10(15-16-12)8-3-5-11(17-2)9(13)7-8/h3-7H,1-2H3,(H,14,16). The van der Waals surface area contributed by atoms with Gasteiger partial charge in [-0.15, -0.1) is 10.2 Å². The van der Waals surface area contributed by atoms with E-state index in [-0.39, 0.29) is 5.75 Å². The Labute approximate surface area is 98.5 Å². The molecule has 0 atom stereocenters. The Balaban J connectivity index is 2.35. The lowest BCUT2D eigenvalue weighted by Gasteiger charge is -2.05. The van der Waals surface area contributed by atoms with E-state index in [0.717, 1.165) is 0 Å². The van der Waals surface area contributed by atoms with Gasteiger partial charge in [0, 0.05) is 12.6 Å². The van der Waals surface area contributed by atoms with Crippen molar-refractivity contribution in [1.82, 2.24) is 10.2 Å². The van der Waals surface area contributed by atoms with E-state index in [1.165, 1.54) is 13.2 Å². The van der Waals surface area contributed by atoms with Gasteiger partial charge in [-0.1, -0.05) is 0 Å². The minimum absolute atomic E-state index is 0.216. The number of benzene rings is 1. The summed E-state index contributed by atoms with van der Waals surface area (Å²) in [6, 6.07) is 8.25. The minimum atomic E-state index is -0.413. The molecule has 1 N–H and O–H groups in total. The molecule has 1 aromatic carbocycles. The van der Waals surface area contributed by atoms with Gasteiger partial charge in [-0.05, 0) is 30.3 Å². The molecule has 2 rings (SSSR count). The summed E-state index contributed by atoms with van der Waals surface area (Å²) in [6.45, 7) is 0. The van der Waals surface area contributed by atoms with Crippen LogP contribution in [0, 0.1) is 5.82 Å². The summed E-state index contributed by atoms with van der Waals surface area (Å²) in [5.74, 6) is 0.473. The van der Waals surface area contributed by atoms with Crippen molar-refractivity contribution < 1.29 is 9.13 Å². The zero-order valence-corrected chi connectivity index (χ0v) is 9.57. The molecule has 88 valence electrons. The first-order valence-electron chi connectivity index (χ1n) is 5.10. The highest BCUT2D eigenvalue weighted by atomic mass is 19.1. The molecule has 0 unspecified atom stereocenters. The third-order valence-corrected chi connectivity index (χ3v) is 2.37. The third-order valence-electron chi connectivity index (χ3n) is 2.37. The maximum absolute atomic E-state index is 13.5. The number of hydrogen-bond donors (Lipinski definition) is 1. The number of methoxy groups -OCH3 is 1. The Kier molecular flexibility index (Phi) is 3.18. The van der Waals surface area contributed by atoms with Crippen molar-refractivity contribution in [2.45, 2.75) is 0 Å². The highest BCUT2D eigenvalue weighted by molar-refractivity contribution is 5.60. The van der Waals surface area contributed by atoms with Crippen molar-refractivity contribution in [3.8, 4) is 17.0 Å². The van der Waals surface area contributed by atoms with Gasteiger partial charge in [0.15, 0.2) is 11.6 Å². The predicted octanol–water partition coefficient (Wildman–Crippen LogP) is 2.33. The van der Waals surface area contributed by atoms with E-state index in [2.05, 4.69) is 15.5 Å². The SMILES string of the molecule is CNc1ccc(-c2ccc(OC)c(F)c2)nn1. The van der Waals surface area contributed by atoms with E-state index in [9.17, 15) is 4.39 Å². The average molecular weight is 233 g/mol. The highest BCUT2D eigenvalue weighted by Crippen LogP contribution is 2.24. The molecule has 0 saturated carbocycles. The lowest BCUT2D eigenvalue weighted by molar-refractivity contribution is 0.386. The van der Waals surface area contributed by atoms with Gasteiger partial charge in [0.2, 0.25) is 0 Å². The number of rotatable bonds is 3. The zero-order valence-electron chi connectivity index (χ0n) is 9.57. The van der Waals surface area contributed by atoms with Gasteiger partial charge in [0.1, 0.15) is 5.82 Å². The Morgan fingerprint density at radius 2 is 2.00 bits per heavy atom. The summed E-state index contributed by atoms with van der Waals surface area (Å²) in [5.41, 5.74) is 1.28. The zero-order chi connectivity index (χ0) is 12.3. The average Bonchev–Trinajstić information content (AvgIpc) is 2.39. The van der Waals surface area contributed by atoms with Crippen LogP contribution in [0.3, 0.4) is 0 Å². The van der Waals surface area contributed by atoms with Crippen LogP contribution in [0.4, 0.5) is 10.2 Å². The van der Waals surface area contributed by atoms with Crippen molar-refractivity contribution in [3.63, 3.8) is 0 Å². The number of nitrogens with one attached hydrogen (secondary N) is 1. The molecule has 0 radical (unpaired) electrons. The lowest BCUT2D eigenvalue weighted by atomic mass is 10.1. The summed E-state index contributed by atoms with van der Waals surface area (Å²) in [4.78, 5) is 0. The van der Waals surface area contributed by atoms with Crippen LogP contribution in [0.25, 0.3) is 11.3 Å². The fourth-order valence-corrected chi connectivity index (χ4v) is 1.45. The first kappa shape index (κ1) is 11.3.